The van der Waals surface area contributed by atoms with E-state index in [0.717, 1.165) is 0 Å². The van der Waals surface area contributed by atoms with Crippen molar-refractivity contribution in [3.8, 4) is 0 Å². The number of alkyl halides is 2. The highest BCUT2D eigenvalue weighted by molar-refractivity contribution is 7.89. The molecule has 0 aromatic carbocycles. The van der Waals surface area contributed by atoms with Gasteiger partial charge in [-0.2, -0.15) is 9.82 Å². The molecule has 1 aromatic rings. The predicted molar refractivity (Wildman–Crippen MR) is 79.5 cm³/mol. The van der Waals surface area contributed by atoms with Crippen LogP contribution in [0.2, 0.25) is 0 Å². The van der Waals surface area contributed by atoms with Gasteiger partial charge in [0, 0.05) is 7.05 Å². The van der Waals surface area contributed by atoms with Gasteiger partial charge >= 0.3 is 0 Å². The first-order chi connectivity index (χ1) is 10.4. The van der Waals surface area contributed by atoms with E-state index < -0.39 is 41.0 Å². The van der Waals surface area contributed by atoms with E-state index in [2.05, 4.69) is 9.82 Å². The third-order valence-corrected chi connectivity index (χ3v) is 5.05. The molecule has 0 fully saturated rings. The van der Waals surface area contributed by atoms with Crippen LogP contribution in [0.15, 0.2) is 4.90 Å². The highest BCUT2D eigenvalue weighted by Gasteiger charge is 2.30. The van der Waals surface area contributed by atoms with Gasteiger partial charge in [-0.3, -0.25) is 9.48 Å². The Morgan fingerprint density at radius 3 is 2.43 bits per heavy atom. The highest BCUT2D eigenvalue weighted by Crippen LogP contribution is 2.18. The van der Waals surface area contributed by atoms with Crippen molar-refractivity contribution in [3.05, 3.63) is 11.4 Å². The molecular formula is C12H21F2N5O3S. The Labute approximate surface area is 133 Å². The second-order valence-corrected chi connectivity index (χ2v) is 6.90. The van der Waals surface area contributed by atoms with E-state index in [9.17, 15) is 22.0 Å². The maximum absolute atomic E-state index is 13.0. The van der Waals surface area contributed by atoms with Crippen molar-refractivity contribution in [1.82, 2.24) is 19.8 Å². The molecular weight excluding hydrogens is 332 g/mol. The van der Waals surface area contributed by atoms with Gasteiger partial charge in [-0.25, -0.2) is 17.2 Å². The van der Waals surface area contributed by atoms with Gasteiger partial charge in [-0.15, -0.1) is 0 Å². The van der Waals surface area contributed by atoms with Crippen LogP contribution in [0.4, 0.5) is 8.78 Å². The van der Waals surface area contributed by atoms with Crippen LogP contribution in [0.5, 0.6) is 0 Å². The topological polar surface area (TPSA) is 119 Å². The summed E-state index contributed by atoms with van der Waals surface area (Å²) in [4.78, 5) is 11.7. The number of carbonyl (C=O) groups is 1. The number of nitrogens with zero attached hydrogens (tertiary/aromatic N) is 2. The monoisotopic (exact) mass is 353 g/mol. The molecule has 0 spiro atoms. The number of sulfonamides is 1. The average Bonchev–Trinajstić information content (AvgIpc) is 2.69. The number of halogens is 2. The van der Waals surface area contributed by atoms with Gasteiger partial charge in [0.25, 0.3) is 5.92 Å². The molecule has 1 heterocycles. The van der Waals surface area contributed by atoms with Gasteiger partial charge in [-0.1, -0.05) is 0 Å². The Morgan fingerprint density at radius 1 is 1.43 bits per heavy atom. The Bertz CT molecular complexity index is 687. The molecule has 4 N–H and O–H groups in total. The summed E-state index contributed by atoms with van der Waals surface area (Å²) >= 11 is 0. The van der Waals surface area contributed by atoms with Crippen molar-refractivity contribution in [1.29, 1.82) is 0 Å². The van der Waals surface area contributed by atoms with Crippen LogP contribution in [0.1, 0.15) is 18.3 Å². The number of aromatic nitrogens is 2. The molecule has 0 aliphatic heterocycles. The third-order valence-electron chi connectivity index (χ3n) is 3.26. The van der Waals surface area contributed by atoms with Crippen molar-refractivity contribution in [3.63, 3.8) is 0 Å². The van der Waals surface area contributed by atoms with Gasteiger partial charge in [-0.05, 0) is 20.8 Å². The summed E-state index contributed by atoms with van der Waals surface area (Å²) in [5.41, 5.74) is 5.54. The maximum Gasteiger partial charge on any atom is 0.277 e. The van der Waals surface area contributed by atoms with Crippen LogP contribution < -0.4 is 15.8 Å². The summed E-state index contributed by atoms with van der Waals surface area (Å²) in [6.07, 6.45) is 0. The molecule has 0 saturated carbocycles. The van der Waals surface area contributed by atoms with Crippen molar-refractivity contribution < 1.29 is 22.0 Å². The largest absolute Gasteiger partial charge is 0.349 e. The second-order valence-electron chi connectivity index (χ2n) is 5.24. The number of nitrogens with one attached hydrogen (secondary N) is 2. The van der Waals surface area contributed by atoms with Crippen molar-refractivity contribution in [2.75, 3.05) is 13.1 Å². The molecule has 1 amide bonds. The zero-order valence-corrected chi connectivity index (χ0v) is 14.2. The smallest absolute Gasteiger partial charge is 0.277 e. The van der Waals surface area contributed by atoms with Crippen LogP contribution in [-0.2, 0) is 21.9 Å². The van der Waals surface area contributed by atoms with E-state index in [1.165, 1.54) is 18.5 Å². The Morgan fingerprint density at radius 2 is 2.00 bits per heavy atom. The fraction of sp³-hybridized carbons (Fsp3) is 0.667. The van der Waals surface area contributed by atoms with E-state index >= 15 is 0 Å². The van der Waals surface area contributed by atoms with Gasteiger partial charge in [0.15, 0.2) is 0 Å². The molecule has 11 heteroatoms. The Balaban J connectivity index is 2.83. The normalized spacial score (nSPS) is 13.9. The van der Waals surface area contributed by atoms with Gasteiger partial charge in [0.1, 0.15) is 4.90 Å². The van der Waals surface area contributed by atoms with Gasteiger partial charge in [0.2, 0.25) is 15.9 Å². The molecule has 8 nitrogen and oxygen atoms in total. The predicted octanol–water partition coefficient (Wildman–Crippen LogP) is -0.586. The van der Waals surface area contributed by atoms with E-state index in [0.29, 0.717) is 5.69 Å². The number of aryl methyl sites for hydroxylation is 2. The van der Waals surface area contributed by atoms with Crippen LogP contribution in [0.25, 0.3) is 0 Å². The second kappa shape index (κ2) is 6.89. The minimum atomic E-state index is -4.01. The molecule has 0 saturated heterocycles. The quantitative estimate of drug-likeness (QED) is 0.606. The minimum Gasteiger partial charge on any atom is -0.349 e. The fourth-order valence-corrected chi connectivity index (χ4v) is 3.57. The average molecular weight is 353 g/mol. The Hall–Kier alpha value is -1.59. The first kappa shape index (κ1) is 19.5. The van der Waals surface area contributed by atoms with Gasteiger partial charge in [0.05, 0.1) is 30.5 Å². The zero-order valence-electron chi connectivity index (χ0n) is 13.4. The van der Waals surface area contributed by atoms with Gasteiger partial charge < -0.3 is 11.1 Å². The van der Waals surface area contributed by atoms with Crippen LogP contribution >= 0.6 is 0 Å². The molecule has 0 radical (unpaired) electrons. The van der Waals surface area contributed by atoms with Crippen molar-refractivity contribution in [2.45, 2.75) is 37.6 Å². The van der Waals surface area contributed by atoms with E-state index in [-0.39, 0.29) is 10.6 Å². The first-order valence-electron chi connectivity index (χ1n) is 6.79. The molecule has 0 aliphatic carbocycles. The summed E-state index contributed by atoms with van der Waals surface area (Å²) in [6, 6.07) is -1.23. The lowest BCUT2D eigenvalue weighted by Gasteiger charge is -2.18. The lowest BCUT2D eigenvalue weighted by molar-refractivity contribution is -0.124. The summed E-state index contributed by atoms with van der Waals surface area (Å²) in [5.74, 6) is -4.12. The third kappa shape index (κ3) is 4.69. The number of rotatable bonds is 7. The molecule has 0 bridgehead atoms. The molecule has 132 valence electrons. The zero-order chi connectivity index (χ0) is 18.0. The number of carbonyl (C=O) groups excluding carboxylic acids is 1. The van der Waals surface area contributed by atoms with E-state index in [1.807, 2.05) is 5.32 Å². The number of nitrogens with two attached hydrogens (primary N) is 1. The Kier molecular flexibility index (Phi) is 5.83. The standard InChI is InChI=1S/C12H21F2N5O3S/c1-7-10(9(3)19(4)17-7)23(21,22)18-8(2)11(20)16-6-12(13,14)5-15/h8,18H,5-6,15H2,1-4H3,(H,16,20). The highest BCUT2D eigenvalue weighted by atomic mass is 32.2. The van der Waals surface area contributed by atoms with E-state index in [4.69, 9.17) is 5.73 Å². The molecule has 1 aromatic heterocycles. The number of hydrogen-bond donors (Lipinski definition) is 3. The molecule has 1 rings (SSSR count). The maximum atomic E-state index is 13.0. The number of hydrogen-bond acceptors (Lipinski definition) is 5. The molecule has 1 atom stereocenters. The summed E-state index contributed by atoms with van der Waals surface area (Å²) in [7, 11) is -2.42. The van der Waals surface area contributed by atoms with Crippen LogP contribution in [0.3, 0.4) is 0 Å². The lowest BCUT2D eigenvalue weighted by atomic mass is 10.3. The number of amides is 1. The summed E-state index contributed by atoms with van der Waals surface area (Å²) < 4.78 is 54.2. The fourth-order valence-electron chi connectivity index (χ4n) is 1.93. The lowest BCUT2D eigenvalue weighted by Crippen LogP contribution is -2.49. The van der Waals surface area contributed by atoms with Crippen molar-refractivity contribution in [2.24, 2.45) is 12.8 Å². The van der Waals surface area contributed by atoms with Crippen LogP contribution in [0, 0.1) is 13.8 Å². The molecule has 23 heavy (non-hydrogen) atoms. The van der Waals surface area contributed by atoms with Crippen molar-refractivity contribution >= 4 is 15.9 Å². The van der Waals surface area contributed by atoms with E-state index in [1.54, 1.807) is 14.0 Å². The minimum absolute atomic E-state index is 0.0352. The SMILES string of the molecule is Cc1nn(C)c(C)c1S(=O)(=O)NC(C)C(=O)NCC(F)(F)CN. The molecule has 0 aliphatic rings. The summed E-state index contributed by atoms with van der Waals surface area (Å²) in [6.45, 7) is 2.48. The summed E-state index contributed by atoms with van der Waals surface area (Å²) in [5, 5.41) is 5.96. The molecule has 1 unspecified atom stereocenters. The van der Waals surface area contributed by atoms with Crippen LogP contribution in [-0.4, -0.2) is 49.2 Å². The first-order valence-corrected chi connectivity index (χ1v) is 8.27.